The van der Waals surface area contributed by atoms with E-state index in [4.69, 9.17) is 14.6 Å². The number of carboxylic acids is 1. The van der Waals surface area contributed by atoms with E-state index in [1.165, 1.54) is 18.2 Å². The summed E-state index contributed by atoms with van der Waals surface area (Å²) in [6.07, 6.45) is 0. The molecule has 0 saturated heterocycles. The number of carbonyl (C=O) groups is 2. The van der Waals surface area contributed by atoms with E-state index in [9.17, 15) is 9.59 Å². The summed E-state index contributed by atoms with van der Waals surface area (Å²) in [6.45, 7) is 0.382. The predicted molar refractivity (Wildman–Crippen MR) is 74.9 cm³/mol. The molecule has 1 aromatic heterocycles. The van der Waals surface area contributed by atoms with Crippen LogP contribution in [0.2, 0.25) is 0 Å². The predicted octanol–water partition coefficient (Wildman–Crippen LogP) is 1.44. The lowest BCUT2D eigenvalue weighted by Crippen LogP contribution is -2.24. The smallest absolute Gasteiger partial charge is 0.354 e. The van der Waals surface area contributed by atoms with Gasteiger partial charge in [0.2, 0.25) is 6.79 Å². The SMILES string of the molecule is O=C(O)c1cccc(C(=O)NCc2cccc3c2OCO3)n1. The number of fused-ring (bicyclic) bond motifs is 1. The molecule has 0 radical (unpaired) electrons. The molecule has 0 spiro atoms. The number of aromatic nitrogens is 1. The van der Waals surface area contributed by atoms with Crippen molar-refractivity contribution in [1.82, 2.24) is 10.3 Å². The first kappa shape index (κ1) is 13.9. The number of nitrogens with one attached hydrogen (secondary N) is 1. The van der Waals surface area contributed by atoms with Crippen molar-refractivity contribution >= 4 is 11.9 Å². The lowest BCUT2D eigenvalue weighted by molar-refractivity contribution is 0.0690. The highest BCUT2D eigenvalue weighted by Crippen LogP contribution is 2.35. The van der Waals surface area contributed by atoms with Gasteiger partial charge in [-0.2, -0.15) is 0 Å². The third-order valence-corrected chi connectivity index (χ3v) is 3.12. The Kier molecular flexibility index (Phi) is 3.61. The summed E-state index contributed by atoms with van der Waals surface area (Å²) >= 11 is 0. The Balaban J connectivity index is 1.72. The molecule has 22 heavy (non-hydrogen) atoms. The van der Waals surface area contributed by atoms with E-state index in [0.29, 0.717) is 11.5 Å². The summed E-state index contributed by atoms with van der Waals surface area (Å²) in [6, 6.07) is 9.66. The summed E-state index contributed by atoms with van der Waals surface area (Å²) in [4.78, 5) is 26.7. The standard InChI is InChI=1S/C15H12N2O5/c18-14(10-4-2-5-11(17-10)15(19)20)16-7-9-3-1-6-12-13(9)22-8-21-12/h1-6H,7-8H2,(H,16,18)(H,19,20). The molecule has 1 amide bonds. The van der Waals surface area contributed by atoms with Crippen LogP contribution in [-0.4, -0.2) is 28.8 Å². The van der Waals surface area contributed by atoms with Gasteiger partial charge < -0.3 is 19.9 Å². The van der Waals surface area contributed by atoms with Crippen molar-refractivity contribution in [1.29, 1.82) is 0 Å². The van der Waals surface area contributed by atoms with Crippen LogP contribution in [0, 0.1) is 0 Å². The minimum absolute atomic E-state index is 0.0460. The second kappa shape index (κ2) is 5.72. The first-order valence-corrected chi connectivity index (χ1v) is 6.51. The number of para-hydroxylation sites is 1. The van der Waals surface area contributed by atoms with Crippen LogP contribution in [0.25, 0.3) is 0 Å². The first-order valence-electron chi connectivity index (χ1n) is 6.51. The molecule has 0 atom stereocenters. The van der Waals surface area contributed by atoms with Gasteiger partial charge in [-0.15, -0.1) is 0 Å². The van der Waals surface area contributed by atoms with Crippen LogP contribution in [0.4, 0.5) is 0 Å². The van der Waals surface area contributed by atoms with Crippen molar-refractivity contribution in [3.63, 3.8) is 0 Å². The molecule has 0 fully saturated rings. The Labute approximate surface area is 125 Å². The second-order valence-electron chi connectivity index (χ2n) is 4.55. The minimum Gasteiger partial charge on any atom is -0.477 e. The zero-order valence-electron chi connectivity index (χ0n) is 11.4. The average molecular weight is 300 g/mol. The Morgan fingerprint density at radius 2 is 1.91 bits per heavy atom. The number of pyridine rings is 1. The Bertz CT molecular complexity index is 744. The number of hydrogen-bond donors (Lipinski definition) is 2. The van der Waals surface area contributed by atoms with Crippen LogP contribution in [-0.2, 0) is 6.54 Å². The largest absolute Gasteiger partial charge is 0.477 e. The Hall–Kier alpha value is -3.09. The quantitative estimate of drug-likeness (QED) is 0.886. The van der Waals surface area contributed by atoms with Gasteiger partial charge in [0.25, 0.3) is 5.91 Å². The molecule has 7 nitrogen and oxygen atoms in total. The normalized spacial score (nSPS) is 12.0. The van der Waals surface area contributed by atoms with Gasteiger partial charge in [0, 0.05) is 12.1 Å². The van der Waals surface area contributed by atoms with Gasteiger partial charge in [0.05, 0.1) is 0 Å². The van der Waals surface area contributed by atoms with Crippen molar-refractivity contribution in [3.05, 3.63) is 53.3 Å². The van der Waals surface area contributed by atoms with Crippen molar-refractivity contribution in [3.8, 4) is 11.5 Å². The zero-order chi connectivity index (χ0) is 15.5. The van der Waals surface area contributed by atoms with E-state index >= 15 is 0 Å². The number of nitrogens with zero attached hydrogens (tertiary/aromatic N) is 1. The lowest BCUT2D eigenvalue weighted by Gasteiger charge is -2.08. The number of hydrogen-bond acceptors (Lipinski definition) is 5. The highest BCUT2D eigenvalue weighted by molar-refractivity contribution is 5.94. The highest BCUT2D eigenvalue weighted by atomic mass is 16.7. The molecule has 1 aromatic carbocycles. The molecule has 2 N–H and O–H groups in total. The molecule has 0 unspecified atom stereocenters. The molecule has 1 aliphatic heterocycles. The van der Waals surface area contributed by atoms with Gasteiger partial charge in [-0.05, 0) is 18.2 Å². The third kappa shape index (κ3) is 2.69. The maximum atomic E-state index is 12.1. The second-order valence-corrected chi connectivity index (χ2v) is 4.55. The highest BCUT2D eigenvalue weighted by Gasteiger charge is 2.18. The topological polar surface area (TPSA) is 97.8 Å². The number of ether oxygens (including phenoxy) is 2. The van der Waals surface area contributed by atoms with Crippen molar-refractivity contribution < 1.29 is 24.2 Å². The summed E-state index contributed by atoms with van der Waals surface area (Å²) in [5, 5.41) is 11.6. The van der Waals surface area contributed by atoms with E-state index < -0.39 is 11.9 Å². The molecule has 0 bridgehead atoms. The minimum atomic E-state index is -1.18. The van der Waals surface area contributed by atoms with Crippen LogP contribution in [0.15, 0.2) is 36.4 Å². The van der Waals surface area contributed by atoms with Gasteiger partial charge in [0.1, 0.15) is 11.4 Å². The number of benzene rings is 1. The molecule has 2 heterocycles. The van der Waals surface area contributed by atoms with Crippen LogP contribution in [0.1, 0.15) is 26.5 Å². The Morgan fingerprint density at radius 1 is 1.14 bits per heavy atom. The first-order chi connectivity index (χ1) is 10.6. The third-order valence-electron chi connectivity index (χ3n) is 3.12. The fourth-order valence-electron chi connectivity index (χ4n) is 2.08. The van der Waals surface area contributed by atoms with Gasteiger partial charge in [-0.1, -0.05) is 18.2 Å². The van der Waals surface area contributed by atoms with Crippen LogP contribution >= 0.6 is 0 Å². The van der Waals surface area contributed by atoms with Crippen LogP contribution in [0.3, 0.4) is 0 Å². The fraction of sp³-hybridized carbons (Fsp3) is 0.133. The van der Waals surface area contributed by atoms with Crippen LogP contribution in [0.5, 0.6) is 11.5 Å². The van der Waals surface area contributed by atoms with Gasteiger partial charge in [-0.3, -0.25) is 4.79 Å². The number of amides is 1. The molecule has 7 heteroatoms. The lowest BCUT2D eigenvalue weighted by atomic mass is 10.2. The van der Waals surface area contributed by atoms with E-state index in [-0.39, 0.29) is 24.7 Å². The molecule has 112 valence electrons. The molecular weight excluding hydrogens is 288 g/mol. The maximum Gasteiger partial charge on any atom is 0.354 e. The monoisotopic (exact) mass is 300 g/mol. The van der Waals surface area contributed by atoms with E-state index in [1.807, 2.05) is 6.07 Å². The number of aromatic carboxylic acids is 1. The zero-order valence-corrected chi connectivity index (χ0v) is 11.4. The summed E-state index contributed by atoms with van der Waals surface area (Å²) in [7, 11) is 0. The van der Waals surface area contributed by atoms with E-state index in [1.54, 1.807) is 12.1 Å². The fourth-order valence-corrected chi connectivity index (χ4v) is 2.08. The van der Waals surface area contributed by atoms with Gasteiger partial charge in [0.15, 0.2) is 11.5 Å². The molecule has 3 rings (SSSR count). The van der Waals surface area contributed by atoms with Crippen molar-refractivity contribution in [2.75, 3.05) is 6.79 Å². The van der Waals surface area contributed by atoms with E-state index in [2.05, 4.69) is 10.3 Å². The summed E-state index contributed by atoms with van der Waals surface area (Å²) in [5.41, 5.74) is 0.646. The van der Waals surface area contributed by atoms with Crippen molar-refractivity contribution in [2.24, 2.45) is 0 Å². The number of carboxylic acid groups (broad SMARTS) is 1. The van der Waals surface area contributed by atoms with Gasteiger partial charge >= 0.3 is 5.97 Å². The number of rotatable bonds is 4. The summed E-state index contributed by atoms with van der Waals surface area (Å²) in [5.74, 6) is -0.395. The average Bonchev–Trinajstić information content (AvgIpc) is 3.01. The van der Waals surface area contributed by atoms with Crippen LogP contribution < -0.4 is 14.8 Å². The molecule has 2 aromatic rings. The van der Waals surface area contributed by atoms with Crippen molar-refractivity contribution in [2.45, 2.75) is 6.54 Å². The molecular formula is C15H12N2O5. The molecule has 0 saturated carbocycles. The summed E-state index contributed by atoms with van der Waals surface area (Å²) < 4.78 is 10.6. The molecule has 1 aliphatic rings. The molecule has 0 aliphatic carbocycles. The Morgan fingerprint density at radius 3 is 2.73 bits per heavy atom. The van der Waals surface area contributed by atoms with Gasteiger partial charge in [-0.25, -0.2) is 9.78 Å². The maximum absolute atomic E-state index is 12.1. The van der Waals surface area contributed by atoms with E-state index in [0.717, 1.165) is 5.56 Å². The number of carbonyl (C=O) groups excluding carboxylic acids is 1.